The smallest absolute Gasteiger partial charge is 0.335 e. The summed E-state index contributed by atoms with van der Waals surface area (Å²) in [6, 6.07) is 20.7. The lowest BCUT2D eigenvalue weighted by atomic mass is 10.0. The maximum absolute atomic E-state index is 10.6. The normalized spacial score (nSPS) is 12.2. The quantitative estimate of drug-likeness (QED) is 0.401. The van der Waals surface area contributed by atoms with Crippen LogP contribution in [0.1, 0.15) is 45.7 Å². The molecule has 2 amide bonds. The van der Waals surface area contributed by atoms with Crippen molar-refractivity contribution in [2.24, 2.45) is 0 Å². The third-order valence-electron chi connectivity index (χ3n) is 5.55. The van der Waals surface area contributed by atoms with E-state index in [2.05, 4.69) is 46.8 Å². The maximum Gasteiger partial charge on any atom is 0.335 e. The first-order valence-corrected chi connectivity index (χ1v) is 12.0. The van der Waals surface area contributed by atoms with E-state index in [4.69, 9.17) is 10.2 Å². The molecule has 4 N–H and O–H groups in total. The van der Waals surface area contributed by atoms with E-state index in [1.165, 1.54) is 64.0 Å². The summed E-state index contributed by atoms with van der Waals surface area (Å²) in [6.45, 7) is 5.20. The maximum atomic E-state index is 10.6. The molecule has 0 fully saturated rings. The van der Waals surface area contributed by atoms with Crippen LogP contribution in [0.5, 0.6) is 0 Å². The van der Waals surface area contributed by atoms with E-state index in [1.54, 1.807) is 35.4 Å². The molecule has 0 bridgehead atoms. The topological polar surface area (TPSA) is 136 Å². The molecule has 0 saturated carbocycles. The van der Waals surface area contributed by atoms with Crippen molar-refractivity contribution in [3.8, 4) is 0 Å². The molecule has 1 heterocycles. The molecule has 0 radical (unpaired) electrons. The van der Waals surface area contributed by atoms with Crippen LogP contribution in [0.2, 0.25) is 0 Å². The molecule has 38 heavy (non-hydrogen) atoms. The molecule has 4 rings (SSSR count). The number of benzene rings is 3. The molecule has 9 heteroatoms. The molecule has 1 aliphatic heterocycles. The Bertz CT molecular complexity index is 1140. The van der Waals surface area contributed by atoms with E-state index >= 15 is 0 Å². The Labute approximate surface area is 222 Å². The number of nitrogens with one attached hydrogen (secondary N) is 2. The number of hydrogen-bond donors (Lipinski definition) is 4. The van der Waals surface area contributed by atoms with Crippen molar-refractivity contribution < 1.29 is 29.4 Å². The lowest BCUT2D eigenvalue weighted by molar-refractivity contribution is -0.115. The van der Waals surface area contributed by atoms with E-state index < -0.39 is 11.9 Å². The third kappa shape index (κ3) is 10.6. The molecule has 3 aromatic carbocycles. The van der Waals surface area contributed by atoms with E-state index in [9.17, 15) is 19.2 Å². The van der Waals surface area contributed by atoms with Gasteiger partial charge in [-0.1, -0.05) is 24.3 Å². The highest BCUT2D eigenvalue weighted by molar-refractivity contribution is 5.92. The summed E-state index contributed by atoms with van der Waals surface area (Å²) in [6.07, 6.45) is 2.43. The fourth-order valence-electron chi connectivity index (χ4n) is 3.58. The van der Waals surface area contributed by atoms with E-state index in [0.29, 0.717) is 11.4 Å². The zero-order chi connectivity index (χ0) is 28.1. The van der Waals surface area contributed by atoms with Crippen LogP contribution in [0.15, 0.2) is 72.8 Å². The summed E-state index contributed by atoms with van der Waals surface area (Å²) in [5.41, 5.74) is 4.68. The number of nitrogens with zero attached hydrogens (tertiary/aromatic N) is 1. The number of carboxylic acid groups (broad SMARTS) is 2. The molecule has 0 aliphatic carbocycles. The average Bonchev–Trinajstić information content (AvgIpc) is 3.06. The van der Waals surface area contributed by atoms with Gasteiger partial charge in [0.2, 0.25) is 11.8 Å². The number of carboxylic acids is 2. The Kier molecular flexibility index (Phi) is 11.7. The molecule has 3 aromatic rings. The van der Waals surface area contributed by atoms with Gasteiger partial charge in [-0.25, -0.2) is 9.59 Å². The summed E-state index contributed by atoms with van der Waals surface area (Å²) in [5.74, 6) is -2.31. The van der Waals surface area contributed by atoms with Crippen LogP contribution in [0.25, 0.3) is 0 Å². The fraction of sp³-hybridized carbons (Fsp3) is 0.241. The minimum Gasteiger partial charge on any atom is -0.478 e. The number of fused-ring (bicyclic) bond motifs is 1. The van der Waals surface area contributed by atoms with Crippen LogP contribution in [0, 0.1) is 0 Å². The zero-order valence-electron chi connectivity index (χ0n) is 21.7. The zero-order valence-corrected chi connectivity index (χ0v) is 21.7. The fourth-order valence-corrected chi connectivity index (χ4v) is 3.58. The number of anilines is 2. The van der Waals surface area contributed by atoms with Crippen molar-refractivity contribution in [1.82, 2.24) is 4.90 Å². The molecule has 0 atom stereocenters. The van der Waals surface area contributed by atoms with Gasteiger partial charge in [-0.15, -0.1) is 0 Å². The van der Waals surface area contributed by atoms with Gasteiger partial charge in [-0.3, -0.25) is 9.59 Å². The highest BCUT2D eigenvalue weighted by Crippen LogP contribution is 2.14. The summed E-state index contributed by atoms with van der Waals surface area (Å²) in [4.78, 5) is 44.5. The first kappa shape index (κ1) is 29.7. The van der Waals surface area contributed by atoms with Crippen LogP contribution in [-0.2, 0) is 22.4 Å². The molecule has 0 aromatic heterocycles. The summed E-state index contributed by atoms with van der Waals surface area (Å²) in [7, 11) is 2.20. The van der Waals surface area contributed by atoms with Gasteiger partial charge in [-0.2, -0.15) is 0 Å². The second kappa shape index (κ2) is 14.9. The molecular weight excluding hydrogens is 486 g/mol. The second-order valence-electron chi connectivity index (χ2n) is 8.70. The van der Waals surface area contributed by atoms with Gasteiger partial charge in [0.25, 0.3) is 0 Å². The first-order valence-electron chi connectivity index (χ1n) is 12.0. The van der Waals surface area contributed by atoms with Crippen LogP contribution < -0.4 is 10.6 Å². The molecular formula is C29H33N3O6. The minimum absolute atomic E-state index is 0.178. The third-order valence-corrected chi connectivity index (χ3v) is 5.55. The van der Waals surface area contributed by atoms with Crippen molar-refractivity contribution in [3.05, 3.63) is 95.1 Å². The number of likely N-dealkylation sites (N-methyl/N-ethyl adjacent to an activating group) is 1. The largest absolute Gasteiger partial charge is 0.478 e. The van der Waals surface area contributed by atoms with Gasteiger partial charge in [0.1, 0.15) is 0 Å². The monoisotopic (exact) mass is 519 g/mol. The Hall–Kier alpha value is -4.50. The van der Waals surface area contributed by atoms with Crippen LogP contribution in [0.4, 0.5) is 11.4 Å². The van der Waals surface area contributed by atoms with Crippen molar-refractivity contribution in [3.63, 3.8) is 0 Å². The van der Waals surface area contributed by atoms with Gasteiger partial charge < -0.3 is 25.7 Å². The van der Waals surface area contributed by atoms with Crippen LogP contribution >= 0.6 is 0 Å². The van der Waals surface area contributed by atoms with Gasteiger partial charge in [0.15, 0.2) is 0 Å². The Balaban J connectivity index is 0.000000200. The van der Waals surface area contributed by atoms with Crippen molar-refractivity contribution >= 4 is 35.1 Å². The van der Waals surface area contributed by atoms with E-state index in [-0.39, 0.29) is 22.9 Å². The minimum atomic E-state index is -0.977. The number of aromatic carboxylic acids is 2. The van der Waals surface area contributed by atoms with Crippen LogP contribution in [0.3, 0.4) is 0 Å². The Morgan fingerprint density at radius 1 is 0.632 bits per heavy atom. The predicted octanol–water partition coefficient (Wildman–Crippen LogP) is 4.40. The summed E-state index contributed by atoms with van der Waals surface area (Å²) in [5, 5.41) is 22.2. The standard InChI is InChI=1S/C11H15N.2C9H9NO3/c1-12-8-6-10-4-2-3-5-11(10)7-9-12;2*1-6(11)10-8-4-2-7(3-5-8)9(12)13/h2-5H,6-9H2,1H3;2*2-5H,1H3,(H,10,11)(H,12,13). The van der Waals surface area contributed by atoms with E-state index in [1.807, 2.05) is 0 Å². The number of hydrogen-bond acceptors (Lipinski definition) is 5. The number of carbonyl (C=O) groups is 4. The second-order valence-corrected chi connectivity index (χ2v) is 8.70. The molecule has 1 aliphatic rings. The number of carbonyl (C=O) groups excluding carboxylic acids is 2. The average molecular weight is 520 g/mol. The number of amides is 2. The van der Waals surface area contributed by atoms with Gasteiger partial charge in [0, 0.05) is 38.3 Å². The lowest BCUT2D eigenvalue weighted by Crippen LogP contribution is -2.20. The molecule has 0 saturated heterocycles. The lowest BCUT2D eigenvalue weighted by Gasteiger charge is -2.10. The SMILES string of the molecule is CC(=O)Nc1ccc(C(=O)O)cc1.CC(=O)Nc1ccc(C(=O)O)cc1.CN1CCc2ccccc2CC1. The summed E-state index contributed by atoms with van der Waals surface area (Å²) >= 11 is 0. The van der Waals surface area contributed by atoms with Crippen molar-refractivity contribution in [2.75, 3.05) is 30.8 Å². The predicted molar refractivity (Wildman–Crippen MR) is 147 cm³/mol. The molecule has 0 spiro atoms. The molecule has 0 unspecified atom stereocenters. The first-order chi connectivity index (χ1) is 18.0. The van der Waals surface area contributed by atoms with Crippen molar-refractivity contribution in [2.45, 2.75) is 26.7 Å². The molecule has 9 nitrogen and oxygen atoms in total. The molecule has 200 valence electrons. The summed E-state index contributed by atoms with van der Waals surface area (Å²) < 4.78 is 0. The highest BCUT2D eigenvalue weighted by Gasteiger charge is 2.09. The van der Waals surface area contributed by atoms with Gasteiger partial charge >= 0.3 is 11.9 Å². The van der Waals surface area contributed by atoms with E-state index in [0.717, 1.165) is 0 Å². The Morgan fingerprint density at radius 2 is 0.974 bits per heavy atom. The van der Waals surface area contributed by atoms with Crippen molar-refractivity contribution in [1.29, 1.82) is 0 Å². The van der Waals surface area contributed by atoms with Gasteiger partial charge in [-0.05, 0) is 79.5 Å². The van der Waals surface area contributed by atoms with Gasteiger partial charge in [0.05, 0.1) is 11.1 Å². The van der Waals surface area contributed by atoms with Crippen LogP contribution in [-0.4, -0.2) is 59.0 Å². The Morgan fingerprint density at radius 3 is 1.26 bits per heavy atom. The number of rotatable bonds is 4. The highest BCUT2D eigenvalue weighted by atomic mass is 16.4.